The summed E-state index contributed by atoms with van der Waals surface area (Å²) in [5, 5.41) is 14.7. The first-order valence-electron chi connectivity index (χ1n) is 15.0. The van der Waals surface area contributed by atoms with Crippen LogP contribution < -0.4 is 10.6 Å². The molecule has 0 saturated carbocycles. The van der Waals surface area contributed by atoms with Gasteiger partial charge < -0.3 is 34.5 Å². The predicted molar refractivity (Wildman–Crippen MR) is 185 cm³/mol. The van der Waals surface area contributed by atoms with Crippen molar-refractivity contribution in [3.8, 4) is 0 Å². The summed E-state index contributed by atoms with van der Waals surface area (Å²) in [6.45, 7) is 8.01. The molecular formula is C30H38BrN9O7S. The third-order valence-electron chi connectivity index (χ3n) is 6.83. The summed E-state index contributed by atoms with van der Waals surface area (Å²) in [6.07, 6.45) is 4.14. The molecule has 18 heteroatoms. The lowest BCUT2D eigenvalue weighted by Gasteiger charge is -2.30. The maximum Gasteiger partial charge on any atom is 0.331 e. The SMILES string of the molecule is CC(C)(C)NC[C@@H](COC(=N)C(=NS)N1CCOCC1)OC(=O)/C=C/C(=O)OCC(=O)N1CCN=C1Nc1ccc2nccnc2c1Br. The van der Waals surface area contributed by atoms with E-state index in [4.69, 9.17) is 24.4 Å². The van der Waals surface area contributed by atoms with Gasteiger partial charge in [-0.3, -0.25) is 30.1 Å². The molecule has 0 spiro atoms. The largest absolute Gasteiger partial charge is 0.471 e. The Morgan fingerprint density at radius 1 is 1.12 bits per heavy atom. The molecule has 0 radical (unpaired) electrons. The highest BCUT2D eigenvalue weighted by Crippen LogP contribution is 2.29. The quantitative estimate of drug-likeness (QED) is 0.0910. The Labute approximate surface area is 291 Å². The number of hydrogen-bond acceptors (Lipinski definition) is 15. The molecule has 1 fully saturated rings. The first-order valence-corrected chi connectivity index (χ1v) is 16.2. The van der Waals surface area contributed by atoms with Gasteiger partial charge in [0, 0.05) is 56.3 Å². The molecule has 3 heterocycles. The van der Waals surface area contributed by atoms with Crippen LogP contribution in [-0.4, -0.2) is 126 Å². The average Bonchev–Trinajstić information content (AvgIpc) is 3.54. The van der Waals surface area contributed by atoms with Crippen molar-refractivity contribution in [1.82, 2.24) is 25.1 Å². The van der Waals surface area contributed by atoms with Gasteiger partial charge in [0.15, 0.2) is 12.4 Å². The Hall–Kier alpha value is -4.13. The van der Waals surface area contributed by atoms with Crippen molar-refractivity contribution in [2.45, 2.75) is 32.4 Å². The van der Waals surface area contributed by atoms with Crippen LogP contribution in [0.15, 0.2) is 50.5 Å². The number of guanidine groups is 1. The number of ether oxygens (including phenoxy) is 4. The first-order chi connectivity index (χ1) is 22.9. The van der Waals surface area contributed by atoms with E-state index in [0.717, 1.165) is 12.2 Å². The fraction of sp³-hybridized carbons (Fsp3) is 0.467. The Kier molecular flexibility index (Phi) is 13.2. The van der Waals surface area contributed by atoms with E-state index in [1.807, 2.05) is 25.7 Å². The van der Waals surface area contributed by atoms with Crippen LogP contribution in [0.4, 0.5) is 5.69 Å². The van der Waals surface area contributed by atoms with E-state index in [-0.39, 0.29) is 30.4 Å². The van der Waals surface area contributed by atoms with E-state index < -0.39 is 30.6 Å². The summed E-state index contributed by atoms with van der Waals surface area (Å²) < 4.78 is 26.1. The second kappa shape index (κ2) is 17.3. The van der Waals surface area contributed by atoms with Crippen molar-refractivity contribution in [3.05, 3.63) is 41.2 Å². The van der Waals surface area contributed by atoms with Crippen molar-refractivity contribution < 1.29 is 33.3 Å². The van der Waals surface area contributed by atoms with Crippen LogP contribution >= 0.6 is 28.7 Å². The molecule has 48 heavy (non-hydrogen) atoms. The normalized spacial score (nSPS) is 16.1. The third kappa shape index (κ3) is 10.7. The van der Waals surface area contributed by atoms with Gasteiger partial charge in [-0.05, 0) is 61.6 Å². The summed E-state index contributed by atoms with van der Waals surface area (Å²) in [5.74, 6) is -1.95. The third-order valence-corrected chi connectivity index (χ3v) is 7.82. The van der Waals surface area contributed by atoms with Gasteiger partial charge in [0.05, 0.1) is 35.4 Å². The lowest BCUT2D eigenvalue weighted by Crippen LogP contribution is -2.46. The molecule has 2 aliphatic heterocycles. The molecule has 1 saturated heterocycles. The maximum absolute atomic E-state index is 12.9. The zero-order chi connectivity index (χ0) is 34.7. The number of carbonyl (C=O) groups excluding carboxylic acids is 3. The van der Waals surface area contributed by atoms with E-state index in [0.29, 0.717) is 66.5 Å². The second-order valence-corrected chi connectivity index (χ2v) is 12.5. The number of nitrogens with one attached hydrogen (secondary N) is 3. The zero-order valence-corrected chi connectivity index (χ0v) is 29.3. The topological polar surface area (TPSA) is 193 Å². The molecule has 0 bridgehead atoms. The minimum atomic E-state index is -0.913. The van der Waals surface area contributed by atoms with Gasteiger partial charge in [-0.1, -0.05) is 0 Å². The molecule has 0 unspecified atom stereocenters. The highest BCUT2D eigenvalue weighted by Gasteiger charge is 2.26. The van der Waals surface area contributed by atoms with Crippen LogP contribution in [0.2, 0.25) is 0 Å². The van der Waals surface area contributed by atoms with Crippen molar-refractivity contribution in [1.29, 1.82) is 5.41 Å². The lowest BCUT2D eigenvalue weighted by molar-refractivity contribution is -0.147. The first kappa shape index (κ1) is 36.7. The number of rotatable bonds is 10. The average molecular weight is 749 g/mol. The van der Waals surface area contributed by atoms with E-state index in [9.17, 15) is 14.4 Å². The van der Waals surface area contributed by atoms with E-state index in [2.05, 4.69) is 58.7 Å². The molecule has 3 N–H and O–H groups in total. The molecule has 1 amide bonds. The van der Waals surface area contributed by atoms with Crippen LogP contribution in [-0.2, 0) is 33.3 Å². The zero-order valence-electron chi connectivity index (χ0n) is 26.8. The molecule has 1 aromatic heterocycles. The predicted octanol–water partition coefficient (Wildman–Crippen LogP) is 1.97. The molecular weight excluding hydrogens is 710 g/mol. The number of hydrogen-bond donors (Lipinski definition) is 4. The van der Waals surface area contributed by atoms with Crippen molar-refractivity contribution in [2.24, 2.45) is 9.39 Å². The number of amides is 1. The minimum absolute atomic E-state index is 0.158. The minimum Gasteiger partial charge on any atom is -0.471 e. The number of thiol groups is 1. The van der Waals surface area contributed by atoms with Gasteiger partial charge >= 0.3 is 11.9 Å². The van der Waals surface area contributed by atoms with Crippen LogP contribution in [0, 0.1) is 5.41 Å². The maximum atomic E-state index is 12.9. The number of anilines is 1. The molecule has 2 aliphatic rings. The number of benzene rings is 1. The number of amidine groups is 1. The van der Waals surface area contributed by atoms with E-state index >= 15 is 0 Å². The van der Waals surface area contributed by atoms with E-state index in [1.54, 1.807) is 24.5 Å². The highest BCUT2D eigenvalue weighted by molar-refractivity contribution is 9.10. The molecule has 4 rings (SSSR count). The molecule has 16 nitrogen and oxygen atoms in total. The molecule has 2 aromatic rings. The number of aliphatic imine (C=N–C) groups is 1. The standard InChI is InChI=1S/C30H38BrN9O7S/c1-30(2,3)36-16-19(17-46-27(32)28(38-48)39-12-14-44-15-13-39)47-24(43)7-6-23(42)45-18-22(41)40-11-10-35-29(40)37-20-4-5-21-26(25(20)31)34-9-8-33-21/h4-9,19,32,36,48H,10-18H2,1-3H3,(H,35,37)/b7-6+,32-27?,38-28?/t19-/m0/s1. The number of nitrogens with zero attached hydrogens (tertiary/aromatic N) is 6. The fourth-order valence-electron chi connectivity index (χ4n) is 4.44. The van der Waals surface area contributed by atoms with Gasteiger partial charge in [0.25, 0.3) is 11.8 Å². The molecule has 0 aliphatic carbocycles. The number of esters is 2. The Bertz CT molecular complexity index is 1590. The summed E-state index contributed by atoms with van der Waals surface area (Å²) in [7, 11) is 0. The lowest BCUT2D eigenvalue weighted by atomic mass is 10.1. The molecule has 1 aromatic carbocycles. The number of morpholine rings is 1. The Balaban J connectivity index is 1.27. The monoisotopic (exact) mass is 747 g/mol. The Morgan fingerprint density at radius 3 is 2.58 bits per heavy atom. The van der Waals surface area contributed by atoms with Crippen LogP contribution in [0.5, 0.6) is 0 Å². The number of carbonyl (C=O) groups is 3. The van der Waals surface area contributed by atoms with Gasteiger partial charge in [0.1, 0.15) is 18.2 Å². The van der Waals surface area contributed by atoms with Gasteiger partial charge in [0.2, 0.25) is 5.96 Å². The van der Waals surface area contributed by atoms with Crippen LogP contribution in [0.3, 0.4) is 0 Å². The summed E-state index contributed by atoms with van der Waals surface area (Å²) in [5.41, 5.74) is 1.67. The van der Waals surface area contributed by atoms with Crippen LogP contribution in [0.1, 0.15) is 20.8 Å². The number of aromatic nitrogens is 2. The highest BCUT2D eigenvalue weighted by atomic mass is 79.9. The summed E-state index contributed by atoms with van der Waals surface area (Å²) >= 11 is 7.50. The van der Waals surface area contributed by atoms with Gasteiger partial charge in [-0.2, -0.15) is 4.40 Å². The van der Waals surface area contributed by atoms with Crippen LogP contribution in [0.25, 0.3) is 11.0 Å². The Morgan fingerprint density at radius 2 is 1.85 bits per heavy atom. The summed E-state index contributed by atoms with van der Waals surface area (Å²) in [4.78, 5) is 54.0. The number of halogens is 1. The van der Waals surface area contributed by atoms with Crippen molar-refractivity contribution in [3.63, 3.8) is 0 Å². The summed E-state index contributed by atoms with van der Waals surface area (Å²) in [6, 6.07) is 3.58. The van der Waals surface area contributed by atoms with Gasteiger partial charge in [-0.15, -0.1) is 0 Å². The second-order valence-electron chi connectivity index (χ2n) is 11.5. The molecule has 258 valence electrons. The van der Waals surface area contributed by atoms with Gasteiger partial charge in [-0.25, -0.2) is 9.59 Å². The van der Waals surface area contributed by atoms with Crippen molar-refractivity contribution in [2.75, 3.05) is 64.5 Å². The smallest absolute Gasteiger partial charge is 0.331 e. The molecule has 1 atom stereocenters. The number of fused-ring (bicyclic) bond motifs is 1. The fourth-order valence-corrected chi connectivity index (χ4v) is 5.19. The van der Waals surface area contributed by atoms with E-state index in [1.165, 1.54) is 4.90 Å². The van der Waals surface area contributed by atoms with Crippen molar-refractivity contribution >= 4 is 81.0 Å².